The van der Waals surface area contributed by atoms with Crippen LogP contribution in [0.15, 0.2) is 97.2 Å². The topological polar surface area (TPSA) is 108 Å². The van der Waals surface area contributed by atoms with Gasteiger partial charge >= 0.3 is 17.9 Å². The number of nitrogens with zero attached hydrogens (tertiary/aromatic N) is 1. The first-order valence-corrected chi connectivity index (χ1v) is 25.4. The molecule has 2 atom stereocenters. The van der Waals surface area contributed by atoms with E-state index in [4.69, 9.17) is 18.9 Å². The monoisotopic (exact) mass is 909 g/mol. The van der Waals surface area contributed by atoms with Crippen LogP contribution in [0.2, 0.25) is 0 Å². The molecule has 0 rings (SSSR count). The van der Waals surface area contributed by atoms with Gasteiger partial charge in [0.2, 0.25) is 0 Å². The van der Waals surface area contributed by atoms with Gasteiger partial charge in [-0.25, -0.2) is 4.79 Å². The number of unbranched alkanes of at least 4 members (excludes halogenated alkanes) is 14. The van der Waals surface area contributed by atoms with Crippen molar-refractivity contribution < 1.29 is 42.9 Å². The second-order valence-electron chi connectivity index (χ2n) is 17.8. The Hall–Kier alpha value is -3.79. The third kappa shape index (κ3) is 48.0. The number of rotatable bonds is 45. The first kappa shape index (κ1) is 61.2. The van der Waals surface area contributed by atoms with Crippen molar-refractivity contribution in [2.45, 2.75) is 193 Å². The highest BCUT2D eigenvalue weighted by Crippen LogP contribution is 2.13. The third-order valence-electron chi connectivity index (χ3n) is 10.4. The molecule has 0 aliphatic heterocycles. The Bertz CT molecular complexity index is 1380. The number of carboxylic acid groups (broad SMARTS) is 1. The number of allylic oxidation sites excluding steroid dienone is 16. The van der Waals surface area contributed by atoms with Gasteiger partial charge in [-0.1, -0.05) is 188 Å². The summed E-state index contributed by atoms with van der Waals surface area (Å²) >= 11 is 0. The number of quaternary nitrogens is 1. The lowest BCUT2D eigenvalue weighted by molar-refractivity contribution is -0.870. The van der Waals surface area contributed by atoms with Crippen LogP contribution in [0.4, 0.5) is 0 Å². The molecule has 9 nitrogen and oxygen atoms in total. The highest BCUT2D eigenvalue weighted by Gasteiger charge is 2.25. The van der Waals surface area contributed by atoms with Gasteiger partial charge in [-0.15, -0.1) is 0 Å². The molecule has 9 heteroatoms. The number of ether oxygens (including phenoxy) is 4. The van der Waals surface area contributed by atoms with Crippen molar-refractivity contribution in [2.75, 3.05) is 47.5 Å². The number of carbonyl (C=O) groups excluding carboxylic acids is 2. The molecule has 0 aromatic carbocycles. The molecule has 0 aliphatic carbocycles. The number of aliphatic carboxylic acids is 1. The molecule has 0 saturated carbocycles. The van der Waals surface area contributed by atoms with E-state index in [9.17, 15) is 19.5 Å². The Morgan fingerprint density at radius 1 is 0.477 bits per heavy atom. The predicted molar refractivity (Wildman–Crippen MR) is 272 cm³/mol. The summed E-state index contributed by atoms with van der Waals surface area (Å²) in [5, 5.41) is 9.64. The van der Waals surface area contributed by atoms with Crippen LogP contribution in [0.1, 0.15) is 181 Å². The number of carboxylic acids is 1. The highest BCUT2D eigenvalue weighted by molar-refractivity contribution is 5.71. The zero-order chi connectivity index (χ0) is 47.7. The summed E-state index contributed by atoms with van der Waals surface area (Å²) in [4.78, 5) is 37.1. The van der Waals surface area contributed by atoms with Crippen LogP contribution in [0.25, 0.3) is 0 Å². The highest BCUT2D eigenvalue weighted by atomic mass is 16.7. The molecule has 0 amide bonds. The van der Waals surface area contributed by atoms with Gasteiger partial charge in [0.15, 0.2) is 6.10 Å². The molecule has 65 heavy (non-hydrogen) atoms. The van der Waals surface area contributed by atoms with Crippen molar-refractivity contribution in [3.8, 4) is 0 Å². The lowest BCUT2D eigenvalue weighted by Gasteiger charge is -2.25. The minimum atomic E-state index is -1.52. The van der Waals surface area contributed by atoms with Gasteiger partial charge in [0.1, 0.15) is 13.2 Å². The van der Waals surface area contributed by atoms with Crippen LogP contribution in [-0.4, -0.2) is 87.4 Å². The van der Waals surface area contributed by atoms with Gasteiger partial charge in [0.05, 0.1) is 34.4 Å². The molecule has 370 valence electrons. The second-order valence-corrected chi connectivity index (χ2v) is 17.8. The van der Waals surface area contributed by atoms with Crippen LogP contribution in [0, 0.1) is 0 Å². The van der Waals surface area contributed by atoms with Gasteiger partial charge in [0.25, 0.3) is 6.29 Å². The van der Waals surface area contributed by atoms with E-state index in [0.29, 0.717) is 23.9 Å². The van der Waals surface area contributed by atoms with Gasteiger partial charge in [-0.2, -0.15) is 0 Å². The summed E-state index contributed by atoms with van der Waals surface area (Å²) in [5.41, 5.74) is 0. The number of carbonyl (C=O) groups is 3. The number of hydrogen-bond acceptors (Lipinski definition) is 7. The number of hydrogen-bond donors (Lipinski definition) is 1. The molecular weight excluding hydrogens is 815 g/mol. The smallest absolute Gasteiger partial charge is 0.361 e. The largest absolute Gasteiger partial charge is 0.477 e. The summed E-state index contributed by atoms with van der Waals surface area (Å²) in [6.07, 6.45) is 59.1. The van der Waals surface area contributed by atoms with E-state index >= 15 is 0 Å². The molecule has 0 saturated heterocycles. The zero-order valence-electron chi connectivity index (χ0n) is 41.9. The van der Waals surface area contributed by atoms with E-state index in [0.717, 1.165) is 109 Å². The third-order valence-corrected chi connectivity index (χ3v) is 10.4. The fourth-order valence-corrected chi connectivity index (χ4v) is 6.44. The lowest BCUT2D eigenvalue weighted by Crippen LogP contribution is -2.40. The molecule has 1 N–H and O–H groups in total. The Morgan fingerprint density at radius 3 is 1.31 bits per heavy atom. The van der Waals surface area contributed by atoms with Crippen LogP contribution < -0.4 is 0 Å². The van der Waals surface area contributed by atoms with E-state index in [2.05, 4.69) is 111 Å². The van der Waals surface area contributed by atoms with Crippen molar-refractivity contribution in [2.24, 2.45) is 0 Å². The lowest BCUT2D eigenvalue weighted by atomic mass is 10.1. The van der Waals surface area contributed by atoms with Crippen molar-refractivity contribution in [1.82, 2.24) is 0 Å². The minimum Gasteiger partial charge on any atom is -0.477 e. The minimum absolute atomic E-state index is 0.180. The Labute approximate surface area is 397 Å². The first-order valence-electron chi connectivity index (χ1n) is 25.4. The van der Waals surface area contributed by atoms with Crippen LogP contribution in [0.3, 0.4) is 0 Å². The Morgan fingerprint density at radius 2 is 0.877 bits per heavy atom. The second kappa shape index (κ2) is 46.7. The van der Waals surface area contributed by atoms with Gasteiger partial charge < -0.3 is 28.5 Å². The molecule has 0 aromatic heterocycles. The van der Waals surface area contributed by atoms with Gasteiger partial charge in [-0.05, 0) is 77.0 Å². The average Bonchev–Trinajstić information content (AvgIpc) is 3.27. The fourth-order valence-electron chi connectivity index (χ4n) is 6.44. The molecular formula is C56H94NO8+. The van der Waals surface area contributed by atoms with Crippen LogP contribution >= 0.6 is 0 Å². The molecule has 0 fully saturated rings. The first-order chi connectivity index (χ1) is 31.6. The summed E-state index contributed by atoms with van der Waals surface area (Å²) in [5.74, 6) is -2.04. The molecule has 2 unspecified atom stereocenters. The van der Waals surface area contributed by atoms with Crippen molar-refractivity contribution >= 4 is 17.9 Å². The quantitative estimate of drug-likeness (QED) is 0.0212. The molecule has 0 aromatic rings. The van der Waals surface area contributed by atoms with Crippen LogP contribution in [-0.2, 0) is 33.3 Å². The maximum Gasteiger partial charge on any atom is 0.361 e. The summed E-state index contributed by atoms with van der Waals surface area (Å²) in [6.45, 7) is 4.69. The van der Waals surface area contributed by atoms with Gasteiger partial charge in [0, 0.05) is 12.8 Å². The average molecular weight is 909 g/mol. The normalized spacial score (nSPS) is 13.7. The van der Waals surface area contributed by atoms with Gasteiger partial charge in [-0.3, -0.25) is 9.59 Å². The summed E-state index contributed by atoms with van der Waals surface area (Å²) in [7, 11) is 5.94. The summed E-state index contributed by atoms with van der Waals surface area (Å²) in [6, 6.07) is 0. The van der Waals surface area contributed by atoms with Crippen molar-refractivity contribution in [3.63, 3.8) is 0 Å². The summed E-state index contributed by atoms with van der Waals surface area (Å²) < 4.78 is 22.7. The number of likely N-dealkylation sites (N-methyl/N-ethyl adjacent to an activating group) is 1. The van der Waals surface area contributed by atoms with Crippen LogP contribution in [0.5, 0.6) is 0 Å². The Kier molecular flexibility index (Phi) is 44.0. The number of esters is 2. The molecule has 0 heterocycles. The predicted octanol–water partition coefficient (Wildman–Crippen LogP) is 14.2. The molecule has 0 aliphatic rings. The Balaban J connectivity index is 4.26. The fraction of sp³-hybridized carbons (Fsp3) is 0.661. The van der Waals surface area contributed by atoms with E-state index in [-0.39, 0.29) is 32.2 Å². The molecule has 0 bridgehead atoms. The van der Waals surface area contributed by atoms with E-state index in [1.807, 2.05) is 21.1 Å². The van der Waals surface area contributed by atoms with Crippen molar-refractivity contribution in [1.29, 1.82) is 0 Å². The maximum absolute atomic E-state index is 12.8. The van der Waals surface area contributed by atoms with E-state index < -0.39 is 24.3 Å². The van der Waals surface area contributed by atoms with E-state index in [1.165, 1.54) is 38.5 Å². The SMILES string of the molecule is CC/C=C\C/C=C\C/C=C\C/C=C\C/C=C\C/C=C\C/C=C\C/C=C\CCCCCCCCC(=O)OC(COC(=O)CCCCCCCCCCC)COC(OCC[N+](C)(C)C)C(=O)O. The zero-order valence-corrected chi connectivity index (χ0v) is 41.9. The molecule has 0 spiro atoms. The standard InChI is InChI=1S/C56H93NO8/c1-6-8-10-12-14-16-17-18-19-20-21-22-23-24-25-26-27-28-29-30-31-32-33-34-35-36-37-39-41-43-45-47-54(59)65-52(51-64-56(55(60)61)62-49-48-57(3,4)5)50-63-53(58)46-44-42-40-38-15-13-11-9-7-2/h8,10,14,16,18-19,21-22,24-25,27-28,30-31,33-34,52,56H,6-7,9,11-13,15,17,20,23,26,29,32,35-51H2,1-5H3/p+1/b10-8-,16-14-,19-18-,22-21-,25-24-,28-27-,31-30-,34-33-. The maximum atomic E-state index is 12.8. The van der Waals surface area contributed by atoms with Crippen molar-refractivity contribution in [3.05, 3.63) is 97.2 Å². The van der Waals surface area contributed by atoms with E-state index in [1.54, 1.807) is 0 Å². The molecule has 0 radical (unpaired) electrons.